The number of aromatic nitrogens is 2. The maximum Gasteiger partial charge on any atom is 0.275 e. The van der Waals surface area contributed by atoms with Crippen LogP contribution in [-0.2, 0) is 6.54 Å². The molecular weight excluding hydrogens is 396 g/mol. The van der Waals surface area contributed by atoms with Crippen LogP contribution >= 0.6 is 11.6 Å². The van der Waals surface area contributed by atoms with Crippen molar-refractivity contribution in [2.75, 3.05) is 19.6 Å². The maximum absolute atomic E-state index is 13.7. The first kappa shape index (κ1) is 20.9. The van der Waals surface area contributed by atoms with Crippen molar-refractivity contribution in [2.24, 2.45) is 0 Å². The highest BCUT2D eigenvalue weighted by molar-refractivity contribution is 6.31. The molecule has 6 heteroatoms. The number of unbranched alkanes of at least 4 members (excludes halogenated alkanes) is 1. The van der Waals surface area contributed by atoms with E-state index >= 15 is 0 Å². The number of nitrogens with one attached hydrogen (secondary N) is 1. The summed E-state index contributed by atoms with van der Waals surface area (Å²) in [5.41, 5.74) is 2.41. The van der Waals surface area contributed by atoms with Crippen molar-refractivity contribution in [3.63, 3.8) is 0 Å². The van der Waals surface area contributed by atoms with Crippen LogP contribution in [0.25, 0.3) is 10.9 Å². The number of amides is 1. The number of piperidine rings is 1. The van der Waals surface area contributed by atoms with Crippen molar-refractivity contribution in [2.45, 2.75) is 45.2 Å². The van der Waals surface area contributed by atoms with E-state index in [9.17, 15) is 4.79 Å². The molecular formula is C24H29ClN4O. The monoisotopic (exact) mass is 424 g/mol. The smallest absolute Gasteiger partial charge is 0.275 e. The molecule has 1 aromatic heterocycles. The Labute approximate surface area is 183 Å². The number of likely N-dealkylation sites (tertiary alicyclic amines) is 1. The maximum atomic E-state index is 13.7. The zero-order valence-corrected chi connectivity index (χ0v) is 18.2. The third-order valence-corrected chi connectivity index (χ3v) is 6.24. The highest BCUT2D eigenvalue weighted by Gasteiger charge is 2.30. The van der Waals surface area contributed by atoms with Crippen molar-refractivity contribution >= 4 is 28.4 Å². The SMILES string of the molecule is CCCCN1CCC(N(Cc2ccccc2)C(=O)c2n[nH]c3cc(Cl)ccc23)CC1. The Morgan fingerprint density at radius 2 is 1.97 bits per heavy atom. The Morgan fingerprint density at radius 1 is 1.20 bits per heavy atom. The van der Waals surface area contributed by atoms with Crippen molar-refractivity contribution in [3.05, 3.63) is 64.8 Å². The Bertz CT molecular complexity index is 979. The topological polar surface area (TPSA) is 52.2 Å². The first-order chi connectivity index (χ1) is 14.7. The summed E-state index contributed by atoms with van der Waals surface area (Å²) in [5, 5.41) is 8.79. The Balaban J connectivity index is 1.57. The second-order valence-electron chi connectivity index (χ2n) is 8.11. The van der Waals surface area contributed by atoms with Crippen LogP contribution in [0, 0.1) is 0 Å². The van der Waals surface area contributed by atoms with Gasteiger partial charge in [-0.25, -0.2) is 0 Å². The molecule has 3 aromatic rings. The summed E-state index contributed by atoms with van der Waals surface area (Å²) in [6.45, 7) is 6.07. The van der Waals surface area contributed by atoms with E-state index in [1.165, 1.54) is 12.8 Å². The minimum Gasteiger partial charge on any atom is -0.330 e. The molecule has 0 bridgehead atoms. The number of aromatic amines is 1. The molecule has 0 aliphatic carbocycles. The third kappa shape index (κ3) is 4.68. The number of carbonyl (C=O) groups excluding carboxylic acids is 1. The highest BCUT2D eigenvalue weighted by atomic mass is 35.5. The molecule has 0 spiro atoms. The normalized spacial score (nSPS) is 15.5. The number of hydrogen-bond donors (Lipinski definition) is 1. The fourth-order valence-electron chi connectivity index (χ4n) is 4.27. The summed E-state index contributed by atoms with van der Waals surface area (Å²) in [7, 11) is 0. The van der Waals surface area contributed by atoms with Crippen LogP contribution in [0.2, 0.25) is 5.02 Å². The lowest BCUT2D eigenvalue weighted by molar-refractivity contribution is 0.0545. The summed E-state index contributed by atoms with van der Waals surface area (Å²) >= 11 is 6.10. The molecule has 0 saturated carbocycles. The van der Waals surface area contributed by atoms with Crippen molar-refractivity contribution in [1.82, 2.24) is 20.0 Å². The molecule has 0 unspecified atom stereocenters. The van der Waals surface area contributed by atoms with Crippen LogP contribution in [0.3, 0.4) is 0 Å². The Morgan fingerprint density at radius 3 is 2.70 bits per heavy atom. The average Bonchev–Trinajstić information content (AvgIpc) is 3.20. The summed E-state index contributed by atoms with van der Waals surface area (Å²) in [6.07, 6.45) is 4.45. The molecule has 30 heavy (non-hydrogen) atoms. The van der Waals surface area contributed by atoms with Gasteiger partial charge in [-0.1, -0.05) is 55.3 Å². The van der Waals surface area contributed by atoms with Gasteiger partial charge in [0.05, 0.1) is 5.52 Å². The largest absolute Gasteiger partial charge is 0.330 e. The average molecular weight is 425 g/mol. The molecule has 0 atom stereocenters. The molecule has 5 nitrogen and oxygen atoms in total. The molecule has 1 aliphatic rings. The van der Waals surface area contributed by atoms with Gasteiger partial charge in [-0.15, -0.1) is 0 Å². The van der Waals surface area contributed by atoms with Crippen LogP contribution in [0.5, 0.6) is 0 Å². The number of benzene rings is 2. The van der Waals surface area contributed by atoms with E-state index < -0.39 is 0 Å². The number of H-pyrrole nitrogens is 1. The molecule has 1 fully saturated rings. The number of carbonyl (C=O) groups is 1. The molecule has 1 aliphatic heterocycles. The van der Waals surface area contributed by atoms with Crippen molar-refractivity contribution < 1.29 is 4.79 Å². The standard InChI is InChI=1S/C24H29ClN4O/c1-2-3-13-28-14-11-20(12-15-28)29(17-18-7-5-4-6-8-18)24(30)23-21-10-9-19(25)16-22(21)26-27-23/h4-10,16,20H,2-3,11-15,17H2,1H3,(H,26,27). The number of fused-ring (bicyclic) bond motifs is 1. The van der Waals surface area contributed by atoms with Crippen LogP contribution < -0.4 is 0 Å². The fraction of sp³-hybridized carbons (Fsp3) is 0.417. The van der Waals surface area contributed by atoms with Gasteiger partial charge in [-0.2, -0.15) is 5.10 Å². The zero-order valence-electron chi connectivity index (χ0n) is 17.5. The molecule has 1 N–H and O–H groups in total. The lowest BCUT2D eigenvalue weighted by atomic mass is 10.0. The summed E-state index contributed by atoms with van der Waals surface area (Å²) in [6, 6.07) is 15.9. The van der Waals surface area contributed by atoms with Crippen LogP contribution in [-0.4, -0.2) is 51.6 Å². The molecule has 2 heterocycles. The Kier molecular flexibility index (Phi) is 6.70. The number of nitrogens with zero attached hydrogens (tertiary/aromatic N) is 3. The molecule has 158 valence electrons. The van der Waals surface area contributed by atoms with Gasteiger partial charge < -0.3 is 9.80 Å². The van der Waals surface area contributed by atoms with Gasteiger partial charge in [0.15, 0.2) is 5.69 Å². The number of rotatable bonds is 7. The van der Waals surface area contributed by atoms with E-state index in [-0.39, 0.29) is 11.9 Å². The second-order valence-corrected chi connectivity index (χ2v) is 8.54. The second kappa shape index (κ2) is 9.63. The predicted octanol–water partition coefficient (Wildman–Crippen LogP) is 5.12. The zero-order chi connectivity index (χ0) is 20.9. The van der Waals surface area contributed by atoms with Gasteiger partial charge in [0, 0.05) is 36.1 Å². The minimum absolute atomic E-state index is 0.0144. The fourth-order valence-corrected chi connectivity index (χ4v) is 4.45. The third-order valence-electron chi connectivity index (χ3n) is 6.01. The Hall–Kier alpha value is -2.37. The van der Waals surface area contributed by atoms with E-state index in [1.54, 1.807) is 0 Å². The van der Waals surface area contributed by atoms with Crippen LogP contribution in [0.15, 0.2) is 48.5 Å². The molecule has 1 saturated heterocycles. The van der Waals surface area contributed by atoms with Gasteiger partial charge in [-0.3, -0.25) is 9.89 Å². The quantitative estimate of drug-likeness (QED) is 0.572. The minimum atomic E-state index is -0.0144. The van der Waals surface area contributed by atoms with Gasteiger partial charge in [-0.05, 0) is 49.6 Å². The summed E-state index contributed by atoms with van der Waals surface area (Å²) in [5.74, 6) is -0.0144. The van der Waals surface area contributed by atoms with Gasteiger partial charge in [0.1, 0.15) is 0 Å². The van der Waals surface area contributed by atoms with Gasteiger partial charge in [0.2, 0.25) is 0 Å². The van der Waals surface area contributed by atoms with E-state index in [1.807, 2.05) is 41.3 Å². The lowest BCUT2D eigenvalue weighted by Crippen LogP contribution is -2.47. The van der Waals surface area contributed by atoms with E-state index in [2.05, 4.69) is 34.2 Å². The molecule has 2 aromatic carbocycles. The summed E-state index contributed by atoms with van der Waals surface area (Å²) < 4.78 is 0. The van der Waals surface area contributed by atoms with Gasteiger partial charge in [0.25, 0.3) is 5.91 Å². The van der Waals surface area contributed by atoms with Crippen molar-refractivity contribution in [1.29, 1.82) is 0 Å². The molecule has 1 amide bonds. The van der Waals surface area contributed by atoms with E-state index in [0.29, 0.717) is 17.3 Å². The van der Waals surface area contributed by atoms with Crippen LogP contribution in [0.4, 0.5) is 0 Å². The van der Waals surface area contributed by atoms with E-state index in [4.69, 9.17) is 11.6 Å². The molecule has 4 rings (SSSR count). The van der Waals surface area contributed by atoms with Gasteiger partial charge >= 0.3 is 0 Å². The summed E-state index contributed by atoms with van der Waals surface area (Å²) in [4.78, 5) is 18.2. The number of hydrogen-bond acceptors (Lipinski definition) is 3. The first-order valence-electron chi connectivity index (χ1n) is 10.9. The van der Waals surface area contributed by atoms with Crippen molar-refractivity contribution in [3.8, 4) is 0 Å². The number of halogens is 1. The van der Waals surface area contributed by atoms with Crippen LogP contribution in [0.1, 0.15) is 48.7 Å². The first-order valence-corrected chi connectivity index (χ1v) is 11.2. The van der Waals surface area contributed by atoms with E-state index in [0.717, 1.165) is 48.9 Å². The molecule has 0 radical (unpaired) electrons. The predicted molar refractivity (Wildman–Crippen MR) is 122 cm³/mol. The lowest BCUT2D eigenvalue weighted by Gasteiger charge is -2.38. The highest BCUT2D eigenvalue weighted by Crippen LogP contribution is 2.25.